The summed E-state index contributed by atoms with van der Waals surface area (Å²) in [4.78, 5) is 0.302. The maximum absolute atomic E-state index is 11.3. The van der Waals surface area contributed by atoms with Gasteiger partial charge >= 0.3 is 0 Å². The lowest BCUT2D eigenvalue weighted by molar-refractivity contribution is 0.602. The number of nitrogen functional groups attached to an aromatic ring is 1. The molecule has 1 aromatic carbocycles. The molecule has 0 fully saturated rings. The molecule has 2 aromatic rings. The topological polar surface area (TPSA) is 78.0 Å². The van der Waals surface area contributed by atoms with Crippen LogP contribution in [0.4, 0.5) is 5.82 Å². The number of nitrogens with two attached hydrogens (primary N) is 1. The molecule has 5 nitrogen and oxygen atoms in total. The van der Waals surface area contributed by atoms with Crippen molar-refractivity contribution in [1.29, 1.82) is 0 Å². The van der Waals surface area contributed by atoms with Crippen LogP contribution in [0.1, 0.15) is 0 Å². The highest BCUT2D eigenvalue weighted by Gasteiger charge is 2.09. The smallest absolute Gasteiger partial charge is 0.175 e. The molecule has 1 heterocycles. The first kappa shape index (κ1) is 11.7. The second kappa shape index (κ2) is 3.89. The van der Waals surface area contributed by atoms with Gasteiger partial charge in [-0.25, -0.2) is 8.42 Å². The Balaban J connectivity index is 2.46. The van der Waals surface area contributed by atoms with Gasteiger partial charge in [0.05, 0.1) is 10.6 Å². The zero-order valence-electron chi connectivity index (χ0n) is 9.58. The number of benzene rings is 1. The van der Waals surface area contributed by atoms with Gasteiger partial charge in [0.1, 0.15) is 5.82 Å². The normalized spacial score (nSPS) is 11.6. The van der Waals surface area contributed by atoms with Crippen molar-refractivity contribution in [3.8, 4) is 11.3 Å². The molecule has 1 aromatic heterocycles. The van der Waals surface area contributed by atoms with Crippen molar-refractivity contribution in [2.45, 2.75) is 4.90 Å². The average Bonchev–Trinajstić information content (AvgIpc) is 2.57. The van der Waals surface area contributed by atoms with Gasteiger partial charge < -0.3 is 5.73 Å². The van der Waals surface area contributed by atoms with Crippen LogP contribution in [0.3, 0.4) is 0 Å². The third-order valence-corrected chi connectivity index (χ3v) is 3.61. The molecule has 0 aliphatic carbocycles. The van der Waals surface area contributed by atoms with Crippen molar-refractivity contribution < 1.29 is 8.42 Å². The fourth-order valence-electron chi connectivity index (χ4n) is 1.63. The fourth-order valence-corrected chi connectivity index (χ4v) is 2.26. The summed E-state index contributed by atoms with van der Waals surface area (Å²) in [6.07, 6.45) is 1.18. The van der Waals surface area contributed by atoms with Crippen molar-refractivity contribution >= 4 is 15.7 Å². The minimum absolute atomic E-state index is 0.302. The van der Waals surface area contributed by atoms with Gasteiger partial charge in [0, 0.05) is 19.4 Å². The van der Waals surface area contributed by atoms with Crippen molar-refractivity contribution in [3.05, 3.63) is 30.3 Å². The minimum Gasteiger partial charge on any atom is -0.382 e. The number of anilines is 1. The van der Waals surface area contributed by atoms with Gasteiger partial charge in [-0.2, -0.15) is 5.10 Å². The minimum atomic E-state index is -3.15. The van der Waals surface area contributed by atoms with E-state index < -0.39 is 9.84 Å². The second-order valence-corrected chi connectivity index (χ2v) is 5.89. The lowest BCUT2D eigenvalue weighted by Gasteiger charge is -2.03. The van der Waals surface area contributed by atoms with Gasteiger partial charge in [-0.15, -0.1) is 0 Å². The molecule has 6 heteroatoms. The maximum atomic E-state index is 11.3. The molecule has 0 atom stereocenters. The Kier molecular flexibility index (Phi) is 2.66. The highest BCUT2D eigenvalue weighted by Crippen LogP contribution is 2.22. The van der Waals surface area contributed by atoms with Crippen molar-refractivity contribution in [2.24, 2.45) is 7.05 Å². The summed E-state index contributed by atoms with van der Waals surface area (Å²) in [6.45, 7) is 0. The Morgan fingerprint density at radius 3 is 2.24 bits per heavy atom. The Labute approximate surface area is 99.8 Å². The van der Waals surface area contributed by atoms with E-state index in [1.165, 1.54) is 6.26 Å². The van der Waals surface area contributed by atoms with Gasteiger partial charge in [0.15, 0.2) is 9.84 Å². The summed E-state index contributed by atoms with van der Waals surface area (Å²) < 4.78 is 24.3. The van der Waals surface area contributed by atoms with Gasteiger partial charge in [0.2, 0.25) is 0 Å². The lowest BCUT2D eigenvalue weighted by Crippen LogP contribution is -1.97. The predicted molar refractivity (Wildman–Crippen MR) is 66.2 cm³/mol. The average molecular weight is 251 g/mol. The Morgan fingerprint density at radius 1 is 1.24 bits per heavy atom. The van der Waals surface area contributed by atoms with Crippen LogP contribution in [-0.2, 0) is 16.9 Å². The maximum Gasteiger partial charge on any atom is 0.175 e. The van der Waals surface area contributed by atoms with E-state index in [0.29, 0.717) is 10.7 Å². The summed E-state index contributed by atoms with van der Waals surface area (Å²) in [7, 11) is -1.37. The van der Waals surface area contributed by atoms with Crippen LogP contribution in [-0.4, -0.2) is 24.5 Å². The number of nitrogens with zero attached hydrogens (tertiary/aromatic N) is 2. The first-order valence-electron chi connectivity index (χ1n) is 4.98. The SMILES string of the molecule is Cn1nc(N)cc1-c1ccc(S(C)(=O)=O)cc1. The molecule has 17 heavy (non-hydrogen) atoms. The molecule has 0 saturated carbocycles. The molecule has 2 rings (SSSR count). The molecular weight excluding hydrogens is 238 g/mol. The Morgan fingerprint density at radius 2 is 1.82 bits per heavy atom. The zero-order valence-corrected chi connectivity index (χ0v) is 10.4. The molecule has 0 spiro atoms. The van der Waals surface area contributed by atoms with Crippen LogP contribution in [0, 0.1) is 0 Å². The molecule has 0 radical (unpaired) electrons. The molecule has 0 bridgehead atoms. The molecule has 0 aliphatic heterocycles. The van der Waals surface area contributed by atoms with Crippen molar-refractivity contribution in [1.82, 2.24) is 9.78 Å². The molecule has 0 amide bonds. The van der Waals surface area contributed by atoms with E-state index in [4.69, 9.17) is 5.73 Å². The van der Waals surface area contributed by atoms with E-state index in [1.54, 1.807) is 42.1 Å². The van der Waals surface area contributed by atoms with Crippen LogP contribution in [0.15, 0.2) is 35.2 Å². The van der Waals surface area contributed by atoms with E-state index in [2.05, 4.69) is 5.10 Å². The third kappa shape index (κ3) is 2.31. The first-order valence-corrected chi connectivity index (χ1v) is 6.87. The molecule has 90 valence electrons. The van der Waals surface area contributed by atoms with Gasteiger partial charge in [-0.05, 0) is 17.7 Å². The Bertz CT molecular complexity index is 642. The fraction of sp³-hybridized carbons (Fsp3) is 0.182. The largest absolute Gasteiger partial charge is 0.382 e. The zero-order chi connectivity index (χ0) is 12.6. The third-order valence-electron chi connectivity index (χ3n) is 2.48. The number of rotatable bonds is 2. The van der Waals surface area contributed by atoms with Crippen LogP contribution >= 0.6 is 0 Å². The number of aromatic nitrogens is 2. The monoisotopic (exact) mass is 251 g/mol. The van der Waals surface area contributed by atoms with E-state index in [9.17, 15) is 8.42 Å². The van der Waals surface area contributed by atoms with Gasteiger partial charge in [-0.1, -0.05) is 12.1 Å². The van der Waals surface area contributed by atoms with Crippen molar-refractivity contribution in [3.63, 3.8) is 0 Å². The summed E-state index contributed by atoms with van der Waals surface area (Å²) in [6, 6.07) is 8.39. The number of aryl methyl sites for hydroxylation is 1. The number of hydrogen-bond acceptors (Lipinski definition) is 4. The van der Waals surface area contributed by atoms with E-state index >= 15 is 0 Å². The number of hydrogen-bond donors (Lipinski definition) is 1. The van der Waals surface area contributed by atoms with Crippen LogP contribution < -0.4 is 5.73 Å². The Hall–Kier alpha value is -1.82. The summed E-state index contributed by atoms with van der Waals surface area (Å²) in [5.41, 5.74) is 7.32. The molecule has 0 aliphatic rings. The standard InChI is InChI=1S/C11H13N3O2S/c1-14-10(7-11(12)13-14)8-3-5-9(6-4-8)17(2,15)16/h3-7H,1-2H3,(H2,12,13). The highest BCUT2D eigenvalue weighted by atomic mass is 32.2. The molecular formula is C11H13N3O2S. The van der Waals surface area contributed by atoms with Crippen LogP contribution in [0.2, 0.25) is 0 Å². The quantitative estimate of drug-likeness (QED) is 0.866. The van der Waals surface area contributed by atoms with Crippen LogP contribution in [0.5, 0.6) is 0 Å². The van der Waals surface area contributed by atoms with Crippen LogP contribution in [0.25, 0.3) is 11.3 Å². The summed E-state index contributed by atoms with van der Waals surface area (Å²) >= 11 is 0. The molecule has 0 saturated heterocycles. The summed E-state index contributed by atoms with van der Waals surface area (Å²) in [5.74, 6) is 0.440. The lowest BCUT2D eigenvalue weighted by atomic mass is 10.1. The molecule has 0 unspecified atom stereocenters. The van der Waals surface area contributed by atoms with Crippen molar-refractivity contribution in [2.75, 3.05) is 12.0 Å². The van der Waals surface area contributed by atoms with E-state index in [-0.39, 0.29) is 0 Å². The summed E-state index contributed by atoms with van der Waals surface area (Å²) in [5, 5.41) is 4.03. The predicted octanol–water partition coefficient (Wildman–Crippen LogP) is 1.07. The van der Waals surface area contributed by atoms with Gasteiger partial charge in [0.25, 0.3) is 0 Å². The highest BCUT2D eigenvalue weighted by molar-refractivity contribution is 7.90. The molecule has 2 N–H and O–H groups in total. The van der Waals surface area contributed by atoms with E-state index in [1.807, 2.05) is 0 Å². The second-order valence-electron chi connectivity index (χ2n) is 3.87. The van der Waals surface area contributed by atoms with E-state index in [0.717, 1.165) is 11.3 Å². The van der Waals surface area contributed by atoms with Gasteiger partial charge in [-0.3, -0.25) is 4.68 Å². The number of sulfone groups is 1. The first-order chi connectivity index (χ1) is 7.88.